The van der Waals surface area contributed by atoms with Crippen LogP contribution >= 0.6 is 0 Å². The molecule has 1 aromatic heterocycles. The first-order chi connectivity index (χ1) is 12.9. The fraction of sp³-hybridized carbons (Fsp3) is 0.292. The Bertz CT molecular complexity index is 806. The van der Waals surface area contributed by atoms with Crippen LogP contribution in [0.1, 0.15) is 24.1 Å². The molecule has 1 aliphatic rings. The second-order valence-electron chi connectivity index (χ2n) is 7.29. The molecule has 4 rings (SSSR count). The van der Waals surface area contributed by atoms with E-state index < -0.39 is 0 Å². The van der Waals surface area contributed by atoms with Gasteiger partial charge in [0.05, 0.1) is 11.4 Å². The SMILES string of the molecule is c1ccc(CC2CCN(Cc3cccc(-c4ccccc4)n3)CC2)cc1. The molecule has 2 heterocycles. The Morgan fingerprint density at radius 3 is 2.19 bits per heavy atom. The molecular formula is C24H26N2. The number of rotatable bonds is 5. The number of hydrogen-bond acceptors (Lipinski definition) is 2. The molecule has 1 fully saturated rings. The molecular weight excluding hydrogens is 316 g/mol. The van der Waals surface area contributed by atoms with Gasteiger partial charge in [-0.1, -0.05) is 66.7 Å². The molecule has 3 aromatic rings. The van der Waals surface area contributed by atoms with E-state index in [1.165, 1.54) is 49.2 Å². The van der Waals surface area contributed by atoms with Crippen LogP contribution in [0.3, 0.4) is 0 Å². The summed E-state index contributed by atoms with van der Waals surface area (Å²) in [5, 5.41) is 0. The zero-order chi connectivity index (χ0) is 17.6. The van der Waals surface area contributed by atoms with Gasteiger partial charge in [0.25, 0.3) is 0 Å². The van der Waals surface area contributed by atoms with E-state index in [0.29, 0.717) is 0 Å². The van der Waals surface area contributed by atoms with E-state index >= 15 is 0 Å². The quantitative estimate of drug-likeness (QED) is 0.633. The standard InChI is InChI=1S/C24H26N2/c1-3-8-20(9-4-1)18-21-14-16-26(17-15-21)19-23-12-7-13-24(25-23)22-10-5-2-6-11-22/h1-13,21H,14-19H2. The Balaban J connectivity index is 1.33. The van der Waals surface area contributed by atoms with E-state index in [1.54, 1.807) is 0 Å². The molecule has 0 amide bonds. The normalized spacial score (nSPS) is 15.8. The molecule has 1 aliphatic heterocycles. The van der Waals surface area contributed by atoms with Gasteiger partial charge in [0.1, 0.15) is 0 Å². The lowest BCUT2D eigenvalue weighted by molar-refractivity contribution is 0.175. The van der Waals surface area contributed by atoms with Crippen LogP contribution in [0.25, 0.3) is 11.3 Å². The van der Waals surface area contributed by atoms with Gasteiger partial charge in [0.2, 0.25) is 0 Å². The zero-order valence-electron chi connectivity index (χ0n) is 15.2. The van der Waals surface area contributed by atoms with Crippen molar-refractivity contribution in [1.29, 1.82) is 0 Å². The van der Waals surface area contributed by atoms with Crippen molar-refractivity contribution in [1.82, 2.24) is 9.88 Å². The summed E-state index contributed by atoms with van der Waals surface area (Å²) in [6.07, 6.45) is 3.79. The summed E-state index contributed by atoms with van der Waals surface area (Å²) in [6.45, 7) is 3.31. The van der Waals surface area contributed by atoms with Gasteiger partial charge >= 0.3 is 0 Å². The monoisotopic (exact) mass is 342 g/mol. The Labute approximate surface area is 156 Å². The maximum Gasteiger partial charge on any atom is 0.0705 e. The molecule has 0 bridgehead atoms. The largest absolute Gasteiger partial charge is 0.297 e. The number of hydrogen-bond donors (Lipinski definition) is 0. The molecule has 0 N–H and O–H groups in total. The molecule has 0 atom stereocenters. The molecule has 1 saturated heterocycles. The van der Waals surface area contributed by atoms with Crippen LogP contribution in [-0.2, 0) is 13.0 Å². The molecule has 2 aromatic carbocycles. The van der Waals surface area contributed by atoms with Crippen molar-refractivity contribution in [3.05, 3.63) is 90.1 Å². The molecule has 0 unspecified atom stereocenters. The van der Waals surface area contributed by atoms with Crippen LogP contribution in [-0.4, -0.2) is 23.0 Å². The van der Waals surface area contributed by atoms with Gasteiger partial charge < -0.3 is 0 Å². The topological polar surface area (TPSA) is 16.1 Å². The average Bonchev–Trinajstić information content (AvgIpc) is 2.71. The van der Waals surface area contributed by atoms with E-state index in [4.69, 9.17) is 4.98 Å². The van der Waals surface area contributed by atoms with Crippen molar-refractivity contribution < 1.29 is 0 Å². The molecule has 0 saturated carbocycles. The number of pyridine rings is 1. The predicted octanol–water partition coefficient (Wildman–Crippen LogP) is 5.20. The van der Waals surface area contributed by atoms with Gasteiger partial charge in [-0.25, -0.2) is 0 Å². The summed E-state index contributed by atoms with van der Waals surface area (Å²) in [5.41, 5.74) is 4.91. The summed E-state index contributed by atoms with van der Waals surface area (Å²) < 4.78 is 0. The highest BCUT2D eigenvalue weighted by atomic mass is 15.1. The maximum absolute atomic E-state index is 4.88. The minimum atomic E-state index is 0.817. The Kier molecular flexibility index (Phi) is 5.41. The van der Waals surface area contributed by atoms with E-state index in [9.17, 15) is 0 Å². The lowest BCUT2D eigenvalue weighted by Crippen LogP contribution is -2.34. The van der Waals surface area contributed by atoms with Gasteiger partial charge in [0.15, 0.2) is 0 Å². The lowest BCUT2D eigenvalue weighted by Gasteiger charge is -2.31. The van der Waals surface area contributed by atoms with Crippen molar-refractivity contribution in [3.63, 3.8) is 0 Å². The Hall–Kier alpha value is -2.45. The summed E-state index contributed by atoms with van der Waals surface area (Å²) in [6, 6.07) is 27.7. The van der Waals surface area contributed by atoms with E-state index in [-0.39, 0.29) is 0 Å². The summed E-state index contributed by atoms with van der Waals surface area (Å²) in [4.78, 5) is 7.44. The summed E-state index contributed by atoms with van der Waals surface area (Å²) in [5.74, 6) is 0.817. The maximum atomic E-state index is 4.88. The molecule has 132 valence electrons. The first kappa shape index (κ1) is 17.0. The van der Waals surface area contributed by atoms with Crippen LogP contribution in [0.2, 0.25) is 0 Å². The summed E-state index contributed by atoms with van der Waals surface area (Å²) >= 11 is 0. The highest BCUT2D eigenvalue weighted by molar-refractivity contribution is 5.58. The summed E-state index contributed by atoms with van der Waals surface area (Å²) in [7, 11) is 0. The van der Waals surface area contributed by atoms with Crippen molar-refractivity contribution in [2.45, 2.75) is 25.8 Å². The number of aromatic nitrogens is 1. The number of likely N-dealkylation sites (tertiary alicyclic amines) is 1. The molecule has 26 heavy (non-hydrogen) atoms. The van der Waals surface area contributed by atoms with Gasteiger partial charge in [-0.3, -0.25) is 9.88 Å². The highest BCUT2D eigenvalue weighted by Crippen LogP contribution is 2.23. The molecule has 2 heteroatoms. The van der Waals surface area contributed by atoms with E-state index in [0.717, 1.165) is 18.2 Å². The lowest BCUT2D eigenvalue weighted by atomic mass is 9.90. The third kappa shape index (κ3) is 4.39. The van der Waals surface area contributed by atoms with Crippen molar-refractivity contribution >= 4 is 0 Å². The van der Waals surface area contributed by atoms with Crippen LogP contribution in [0.15, 0.2) is 78.9 Å². The first-order valence-electron chi connectivity index (χ1n) is 9.64. The van der Waals surface area contributed by atoms with Crippen molar-refractivity contribution in [3.8, 4) is 11.3 Å². The molecule has 0 radical (unpaired) electrons. The van der Waals surface area contributed by atoms with Gasteiger partial charge in [0, 0.05) is 12.1 Å². The van der Waals surface area contributed by atoms with Crippen LogP contribution in [0.4, 0.5) is 0 Å². The minimum absolute atomic E-state index is 0.817. The number of benzene rings is 2. The zero-order valence-corrected chi connectivity index (χ0v) is 15.2. The molecule has 0 spiro atoms. The minimum Gasteiger partial charge on any atom is -0.297 e. The van der Waals surface area contributed by atoms with Gasteiger partial charge in [-0.15, -0.1) is 0 Å². The average molecular weight is 342 g/mol. The fourth-order valence-corrected chi connectivity index (χ4v) is 3.86. The van der Waals surface area contributed by atoms with Crippen molar-refractivity contribution in [2.75, 3.05) is 13.1 Å². The van der Waals surface area contributed by atoms with Crippen molar-refractivity contribution in [2.24, 2.45) is 5.92 Å². The molecule has 0 aliphatic carbocycles. The second-order valence-corrected chi connectivity index (χ2v) is 7.29. The number of piperidine rings is 1. The highest BCUT2D eigenvalue weighted by Gasteiger charge is 2.19. The Morgan fingerprint density at radius 1 is 0.769 bits per heavy atom. The van der Waals surface area contributed by atoms with Gasteiger partial charge in [-0.2, -0.15) is 0 Å². The van der Waals surface area contributed by atoms with Gasteiger partial charge in [-0.05, 0) is 56.0 Å². The Morgan fingerprint density at radius 2 is 1.46 bits per heavy atom. The number of nitrogens with zero attached hydrogens (tertiary/aromatic N) is 2. The predicted molar refractivity (Wildman–Crippen MR) is 108 cm³/mol. The third-order valence-corrected chi connectivity index (χ3v) is 5.34. The van der Waals surface area contributed by atoms with Crippen LogP contribution in [0, 0.1) is 5.92 Å². The van der Waals surface area contributed by atoms with Crippen LogP contribution < -0.4 is 0 Å². The second kappa shape index (κ2) is 8.29. The third-order valence-electron chi connectivity index (χ3n) is 5.34. The van der Waals surface area contributed by atoms with E-state index in [1.807, 2.05) is 6.07 Å². The van der Waals surface area contributed by atoms with Crippen LogP contribution in [0.5, 0.6) is 0 Å². The first-order valence-corrected chi connectivity index (χ1v) is 9.64. The molecule has 2 nitrogen and oxygen atoms in total. The fourth-order valence-electron chi connectivity index (χ4n) is 3.86. The van der Waals surface area contributed by atoms with E-state index in [2.05, 4.69) is 77.7 Å². The smallest absolute Gasteiger partial charge is 0.0705 e.